The van der Waals surface area contributed by atoms with E-state index in [2.05, 4.69) is 26.2 Å². The van der Waals surface area contributed by atoms with Crippen molar-refractivity contribution in [3.8, 4) is 22.4 Å². The van der Waals surface area contributed by atoms with Gasteiger partial charge in [-0.2, -0.15) is 0 Å². The SMILES string of the molecule is Cc1cc(F)c(C(/C=C/CF)=C/C=N\F)cc1-c1ccnc(-c2ccnc(NC(=O)C3CC3)c2)c1.NC=O. The van der Waals surface area contributed by atoms with Gasteiger partial charge in [-0.1, -0.05) is 21.8 Å². The van der Waals surface area contributed by atoms with Gasteiger partial charge in [0, 0.05) is 29.4 Å². The molecular formula is C28H26F3N5O2. The lowest BCUT2D eigenvalue weighted by molar-refractivity contribution is -0.117. The van der Waals surface area contributed by atoms with Crippen LogP contribution in [0.5, 0.6) is 0 Å². The number of nitrogens with zero attached hydrogens (tertiary/aromatic N) is 3. The number of nitrogens with two attached hydrogens (primary N) is 1. The lowest BCUT2D eigenvalue weighted by Crippen LogP contribution is -2.14. The van der Waals surface area contributed by atoms with Crippen molar-refractivity contribution in [2.45, 2.75) is 19.8 Å². The minimum atomic E-state index is -0.743. The largest absolute Gasteiger partial charge is 0.372 e. The van der Waals surface area contributed by atoms with Gasteiger partial charge in [0.2, 0.25) is 12.3 Å². The molecule has 2 amide bonds. The predicted molar refractivity (Wildman–Crippen MR) is 142 cm³/mol. The summed E-state index contributed by atoms with van der Waals surface area (Å²) >= 11 is 0. The molecule has 0 aliphatic heterocycles. The first-order valence-corrected chi connectivity index (χ1v) is 11.7. The van der Waals surface area contributed by atoms with Gasteiger partial charge in [0.25, 0.3) is 0 Å². The summed E-state index contributed by atoms with van der Waals surface area (Å²) in [6, 6.07) is 10.2. The molecule has 2 heterocycles. The number of benzene rings is 1. The van der Waals surface area contributed by atoms with Gasteiger partial charge in [0.15, 0.2) is 0 Å². The average Bonchev–Trinajstić information content (AvgIpc) is 3.76. The fraction of sp³-hybridized carbons (Fsp3) is 0.179. The van der Waals surface area contributed by atoms with Crippen LogP contribution in [0, 0.1) is 18.7 Å². The molecule has 1 aliphatic carbocycles. The van der Waals surface area contributed by atoms with Gasteiger partial charge in [-0.25, -0.2) is 13.8 Å². The molecule has 1 saturated carbocycles. The smallest absolute Gasteiger partial charge is 0.228 e. The van der Waals surface area contributed by atoms with E-state index in [9.17, 15) is 18.1 Å². The molecule has 0 bridgehead atoms. The highest BCUT2D eigenvalue weighted by Gasteiger charge is 2.29. The number of hydrogen-bond donors (Lipinski definition) is 2. The third kappa shape index (κ3) is 7.45. The maximum absolute atomic E-state index is 14.8. The Labute approximate surface area is 218 Å². The molecule has 196 valence electrons. The number of primary amides is 1. The van der Waals surface area contributed by atoms with Gasteiger partial charge in [-0.15, -0.1) is 0 Å². The Hall–Kier alpha value is -4.60. The van der Waals surface area contributed by atoms with E-state index in [0.29, 0.717) is 17.1 Å². The van der Waals surface area contributed by atoms with Crippen LogP contribution in [0.25, 0.3) is 28.0 Å². The van der Waals surface area contributed by atoms with Crippen molar-refractivity contribution in [3.05, 3.63) is 84.0 Å². The molecule has 0 spiro atoms. The molecule has 1 aromatic carbocycles. The van der Waals surface area contributed by atoms with E-state index >= 15 is 0 Å². The molecule has 38 heavy (non-hydrogen) atoms. The number of carbonyl (C=O) groups is 2. The number of aromatic nitrogens is 2. The zero-order valence-corrected chi connectivity index (χ0v) is 20.6. The Kier molecular flexibility index (Phi) is 10.0. The number of pyridine rings is 2. The first-order chi connectivity index (χ1) is 18.4. The zero-order chi connectivity index (χ0) is 27.5. The van der Waals surface area contributed by atoms with E-state index < -0.39 is 12.5 Å². The second kappa shape index (κ2) is 13.6. The summed E-state index contributed by atoms with van der Waals surface area (Å²) in [6.07, 6.45) is 10.0. The van der Waals surface area contributed by atoms with Gasteiger partial charge in [-0.05, 0) is 84.5 Å². The number of anilines is 1. The van der Waals surface area contributed by atoms with Crippen molar-refractivity contribution in [3.63, 3.8) is 0 Å². The number of allylic oxidation sites excluding steroid dienone is 4. The maximum Gasteiger partial charge on any atom is 0.228 e. The summed E-state index contributed by atoms with van der Waals surface area (Å²) < 4.78 is 39.9. The van der Waals surface area contributed by atoms with Crippen LogP contribution in [-0.2, 0) is 9.59 Å². The average molecular weight is 522 g/mol. The number of amides is 2. The molecule has 0 saturated heterocycles. The molecule has 0 atom stereocenters. The van der Waals surface area contributed by atoms with E-state index in [1.807, 2.05) is 6.07 Å². The topological polar surface area (TPSA) is 110 Å². The molecule has 0 radical (unpaired) electrons. The standard InChI is InChI=1S/C27H23F3N4O.CH3NO/c1-17-13-24(29)23(18(3-2-9-28)8-12-33-30)16-22(17)20-6-10-31-25(14-20)21-7-11-32-26(15-21)34-27(35)19-4-5-19;2-1-3/h2-3,6-8,10-16,19H,4-5,9H2,1H3,(H,32,34,35);1H,(H2,2,3)/b3-2+,18-8+,33-12-;. The number of hydrogen-bond acceptors (Lipinski definition) is 5. The number of carbonyl (C=O) groups excluding carboxylic acids is 2. The second-order valence-corrected chi connectivity index (χ2v) is 8.33. The van der Waals surface area contributed by atoms with Gasteiger partial charge >= 0.3 is 0 Å². The molecular weight excluding hydrogens is 495 g/mol. The molecule has 1 aliphatic rings. The van der Waals surface area contributed by atoms with Crippen molar-refractivity contribution in [1.82, 2.24) is 9.97 Å². The highest BCUT2D eigenvalue weighted by molar-refractivity contribution is 5.94. The van der Waals surface area contributed by atoms with Crippen molar-refractivity contribution in [2.75, 3.05) is 12.0 Å². The Morgan fingerprint density at radius 3 is 2.55 bits per heavy atom. The molecule has 0 unspecified atom stereocenters. The Morgan fingerprint density at radius 2 is 1.87 bits per heavy atom. The van der Waals surface area contributed by atoms with Crippen LogP contribution in [0.2, 0.25) is 0 Å². The minimum absolute atomic E-state index is 0.0331. The van der Waals surface area contributed by atoms with Crippen LogP contribution >= 0.6 is 0 Å². The van der Waals surface area contributed by atoms with E-state index in [-0.39, 0.29) is 29.4 Å². The van der Waals surface area contributed by atoms with Gasteiger partial charge in [-0.3, -0.25) is 14.6 Å². The third-order valence-electron chi connectivity index (χ3n) is 5.65. The third-order valence-corrected chi connectivity index (χ3v) is 5.65. The predicted octanol–water partition coefficient (Wildman–Crippen LogP) is 5.57. The van der Waals surface area contributed by atoms with E-state index in [1.165, 1.54) is 24.3 Å². The number of aryl methyl sites for hydroxylation is 1. The normalized spacial score (nSPS) is 13.3. The highest BCUT2D eigenvalue weighted by atomic mass is 19.2. The minimum Gasteiger partial charge on any atom is -0.372 e. The van der Waals surface area contributed by atoms with Gasteiger partial charge in [0.05, 0.1) is 11.9 Å². The summed E-state index contributed by atoms with van der Waals surface area (Å²) in [4.78, 5) is 29.3. The van der Waals surface area contributed by atoms with E-state index in [1.54, 1.807) is 43.6 Å². The van der Waals surface area contributed by atoms with Crippen LogP contribution < -0.4 is 11.1 Å². The fourth-order valence-electron chi connectivity index (χ4n) is 3.71. The molecule has 3 N–H and O–H groups in total. The molecule has 4 rings (SSSR count). The number of halogens is 3. The zero-order valence-electron chi connectivity index (χ0n) is 20.6. The number of alkyl halides is 1. The van der Waals surface area contributed by atoms with Crippen molar-refractivity contribution in [1.29, 1.82) is 0 Å². The molecule has 1 fully saturated rings. The lowest BCUT2D eigenvalue weighted by Gasteiger charge is -2.13. The van der Waals surface area contributed by atoms with Crippen molar-refractivity contribution >= 4 is 29.9 Å². The Bertz CT molecular complexity index is 1380. The monoisotopic (exact) mass is 521 g/mol. The number of rotatable bonds is 8. The molecule has 3 aromatic rings. The van der Waals surface area contributed by atoms with E-state index in [4.69, 9.17) is 4.79 Å². The first kappa shape index (κ1) is 28.0. The highest BCUT2D eigenvalue weighted by Crippen LogP contribution is 2.33. The Balaban J connectivity index is 0.00000127. The van der Waals surface area contributed by atoms with Crippen LogP contribution in [0.15, 0.2) is 72.2 Å². The second-order valence-electron chi connectivity index (χ2n) is 8.33. The lowest BCUT2D eigenvalue weighted by atomic mass is 9.94. The molecule has 10 heteroatoms. The van der Waals surface area contributed by atoms with Crippen LogP contribution in [0.3, 0.4) is 0 Å². The molecule has 2 aromatic heterocycles. The summed E-state index contributed by atoms with van der Waals surface area (Å²) in [6.45, 7) is 1.04. The summed E-state index contributed by atoms with van der Waals surface area (Å²) in [5.41, 5.74) is 8.24. The van der Waals surface area contributed by atoms with Crippen molar-refractivity contribution in [2.24, 2.45) is 16.9 Å². The van der Waals surface area contributed by atoms with Gasteiger partial charge in [0.1, 0.15) is 18.3 Å². The van der Waals surface area contributed by atoms with Crippen molar-refractivity contribution < 1.29 is 22.9 Å². The summed E-state index contributed by atoms with van der Waals surface area (Å²) in [5.74, 6) is -0.0368. The maximum atomic E-state index is 14.8. The summed E-state index contributed by atoms with van der Waals surface area (Å²) in [5, 5.41) is 5.26. The Morgan fingerprint density at radius 1 is 1.16 bits per heavy atom. The van der Waals surface area contributed by atoms with Crippen LogP contribution in [-0.4, -0.2) is 35.2 Å². The number of nitrogens with one attached hydrogen (secondary N) is 1. The molecule has 7 nitrogen and oxygen atoms in total. The quantitative estimate of drug-likeness (QED) is 0.229. The first-order valence-electron chi connectivity index (χ1n) is 11.7. The van der Waals surface area contributed by atoms with Crippen LogP contribution in [0.4, 0.5) is 19.1 Å². The van der Waals surface area contributed by atoms with Gasteiger partial charge < -0.3 is 11.1 Å². The summed E-state index contributed by atoms with van der Waals surface area (Å²) in [7, 11) is 0. The van der Waals surface area contributed by atoms with E-state index in [0.717, 1.165) is 35.7 Å². The fourth-order valence-corrected chi connectivity index (χ4v) is 3.71. The van der Waals surface area contributed by atoms with Crippen LogP contribution in [0.1, 0.15) is 24.0 Å².